The van der Waals surface area contributed by atoms with Crippen molar-refractivity contribution >= 4 is 11.9 Å². The van der Waals surface area contributed by atoms with Crippen LogP contribution in [0.15, 0.2) is 18.3 Å². The molecule has 24 heavy (non-hydrogen) atoms. The number of hydrogen-bond acceptors (Lipinski definition) is 5. The van der Waals surface area contributed by atoms with Crippen LogP contribution < -0.4 is 10.1 Å². The fourth-order valence-corrected chi connectivity index (χ4v) is 2.16. The van der Waals surface area contributed by atoms with Crippen LogP contribution in [-0.4, -0.2) is 53.5 Å². The molecule has 0 unspecified atom stereocenters. The van der Waals surface area contributed by atoms with E-state index < -0.39 is 30.2 Å². The molecular formula is C14H15F3N2O5. The summed E-state index contributed by atoms with van der Waals surface area (Å²) in [7, 11) is 0. The summed E-state index contributed by atoms with van der Waals surface area (Å²) in [5.41, 5.74) is -1.41. The summed E-state index contributed by atoms with van der Waals surface area (Å²) in [6, 6.07) is 2.32. The first-order valence-corrected chi connectivity index (χ1v) is 7.01. The highest BCUT2D eigenvalue weighted by atomic mass is 19.4. The molecule has 1 aromatic rings. The molecule has 1 aromatic heterocycles. The van der Waals surface area contributed by atoms with Crippen LogP contribution in [0.3, 0.4) is 0 Å². The van der Waals surface area contributed by atoms with Crippen molar-refractivity contribution in [3.05, 3.63) is 23.9 Å². The summed E-state index contributed by atoms with van der Waals surface area (Å²) in [6.07, 6.45) is -3.23. The summed E-state index contributed by atoms with van der Waals surface area (Å²) < 4.78 is 45.7. The van der Waals surface area contributed by atoms with Crippen LogP contribution in [0, 0.1) is 0 Å². The zero-order valence-corrected chi connectivity index (χ0v) is 12.4. The summed E-state index contributed by atoms with van der Waals surface area (Å²) in [5.74, 6) is -2.14. The van der Waals surface area contributed by atoms with Crippen molar-refractivity contribution in [2.45, 2.75) is 24.6 Å². The van der Waals surface area contributed by atoms with E-state index in [2.05, 4.69) is 15.0 Å². The normalized spacial score (nSPS) is 17.1. The van der Waals surface area contributed by atoms with Crippen molar-refractivity contribution in [1.29, 1.82) is 0 Å². The number of alkyl halides is 3. The number of nitrogens with zero attached hydrogens (tertiary/aromatic N) is 1. The number of aromatic nitrogens is 1. The Kier molecular flexibility index (Phi) is 5.27. The van der Waals surface area contributed by atoms with Gasteiger partial charge in [-0.15, -0.1) is 0 Å². The SMILES string of the molecule is O=C(NC1(C(=O)O)CCOCC1)c1ccc(OCC(F)(F)F)nc1. The van der Waals surface area contributed by atoms with Gasteiger partial charge in [0.25, 0.3) is 5.91 Å². The van der Waals surface area contributed by atoms with E-state index in [9.17, 15) is 27.9 Å². The van der Waals surface area contributed by atoms with Gasteiger partial charge < -0.3 is 19.9 Å². The van der Waals surface area contributed by atoms with Gasteiger partial charge in [0.1, 0.15) is 5.54 Å². The predicted molar refractivity (Wildman–Crippen MR) is 73.7 cm³/mol. The lowest BCUT2D eigenvalue weighted by Gasteiger charge is -2.33. The van der Waals surface area contributed by atoms with Gasteiger partial charge in [0.15, 0.2) is 6.61 Å². The molecule has 2 rings (SSSR count). The average Bonchev–Trinajstić information content (AvgIpc) is 2.53. The van der Waals surface area contributed by atoms with E-state index in [0.717, 1.165) is 12.3 Å². The Labute approximate surface area is 134 Å². The summed E-state index contributed by atoms with van der Waals surface area (Å²) >= 11 is 0. The number of carboxylic acids is 1. The van der Waals surface area contributed by atoms with E-state index in [-0.39, 0.29) is 37.5 Å². The van der Waals surface area contributed by atoms with Crippen LogP contribution in [-0.2, 0) is 9.53 Å². The van der Waals surface area contributed by atoms with Crippen LogP contribution in [0.25, 0.3) is 0 Å². The second-order valence-electron chi connectivity index (χ2n) is 5.24. The van der Waals surface area contributed by atoms with Gasteiger partial charge in [-0.05, 0) is 6.07 Å². The monoisotopic (exact) mass is 348 g/mol. The number of hydrogen-bond donors (Lipinski definition) is 2. The molecule has 0 atom stereocenters. The largest absolute Gasteiger partial charge is 0.480 e. The lowest BCUT2D eigenvalue weighted by atomic mass is 9.90. The highest BCUT2D eigenvalue weighted by Gasteiger charge is 2.41. The molecule has 0 aliphatic carbocycles. The van der Waals surface area contributed by atoms with Crippen LogP contribution in [0.1, 0.15) is 23.2 Å². The van der Waals surface area contributed by atoms with Gasteiger partial charge in [0, 0.05) is 38.3 Å². The summed E-state index contributed by atoms with van der Waals surface area (Å²) in [6.45, 7) is -1.09. The number of halogens is 3. The number of carboxylic acid groups (broad SMARTS) is 1. The molecular weight excluding hydrogens is 333 g/mol. The van der Waals surface area contributed by atoms with E-state index >= 15 is 0 Å². The first-order chi connectivity index (χ1) is 11.2. The quantitative estimate of drug-likeness (QED) is 0.834. The van der Waals surface area contributed by atoms with Gasteiger partial charge in [0.2, 0.25) is 5.88 Å². The van der Waals surface area contributed by atoms with Gasteiger partial charge in [-0.2, -0.15) is 13.2 Å². The molecule has 2 N–H and O–H groups in total. The van der Waals surface area contributed by atoms with E-state index in [1.54, 1.807) is 0 Å². The van der Waals surface area contributed by atoms with Crippen molar-refractivity contribution in [2.75, 3.05) is 19.8 Å². The van der Waals surface area contributed by atoms with Crippen molar-refractivity contribution < 1.29 is 37.3 Å². The fraction of sp³-hybridized carbons (Fsp3) is 0.500. The maximum absolute atomic E-state index is 12.2. The molecule has 7 nitrogen and oxygen atoms in total. The van der Waals surface area contributed by atoms with Crippen LogP contribution in [0.4, 0.5) is 13.2 Å². The summed E-state index contributed by atoms with van der Waals surface area (Å²) in [5, 5.41) is 11.8. The van der Waals surface area contributed by atoms with Crippen molar-refractivity contribution in [3.63, 3.8) is 0 Å². The van der Waals surface area contributed by atoms with E-state index in [4.69, 9.17) is 4.74 Å². The molecule has 1 amide bonds. The average molecular weight is 348 g/mol. The van der Waals surface area contributed by atoms with Gasteiger partial charge in [0.05, 0.1) is 5.56 Å². The molecule has 1 aliphatic rings. The number of ether oxygens (including phenoxy) is 2. The molecule has 0 radical (unpaired) electrons. The molecule has 0 spiro atoms. The maximum Gasteiger partial charge on any atom is 0.422 e. The maximum atomic E-state index is 12.2. The molecule has 10 heteroatoms. The lowest BCUT2D eigenvalue weighted by molar-refractivity contribution is -0.154. The zero-order valence-electron chi connectivity index (χ0n) is 12.4. The Hall–Kier alpha value is -2.36. The van der Waals surface area contributed by atoms with Gasteiger partial charge >= 0.3 is 12.1 Å². The minimum absolute atomic E-state index is 0.0153. The smallest absolute Gasteiger partial charge is 0.422 e. The van der Waals surface area contributed by atoms with Gasteiger partial charge in [-0.3, -0.25) is 4.79 Å². The molecule has 0 saturated carbocycles. The Morgan fingerprint density at radius 1 is 1.33 bits per heavy atom. The third-order valence-electron chi connectivity index (χ3n) is 3.49. The van der Waals surface area contributed by atoms with Crippen molar-refractivity contribution in [3.8, 4) is 5.88 Å². The van der Waals surface area contributed by atoms with E-state index in [1.807, 2.05) is 0 Å². The third-order valence-corrected chi connectivity index (χ3v) is 3.49. The molecule has 1 fully saturated rings. The van der Waals surface area contributed by atoms with Crippen molar-refractivity contribution in [2.24, 2.45) is 0 Å². The zero-order chi connectivity index (χ0) is 17.8. The number of nitrogens with one attached hydrogen (secondary N) is 1. The minimum atomic E-state index is -4.49. The standard InChI is InChI=1S/C14H15F3N2O5/c15-14(16,17)8-24-10-2-1-9(7-18-10)11(20)19-13(12(21)22)3-5-23-6-4-13/h1-2,7H,3-6,8H2,(H,19,20)(H,21,22). The predicted octanol–water partition coefficient (Wildman–Crippen LogP) is 1.39. The molecule has 2 heterocycles. The third kappa shape index (κ3) is 4.57. The van der Waals surface area contributed by atoms with E-state index in [1.165, 1.54) is 6.07 Å². The number of pyridine rings is 1. The first-order valence-electron chi connectivity index (χ1n) is 7.01. The number of rotatable bonds is 5. The highest BCUT2D eigenvalue weighted by Crippen LogP contribution is 2.22. The summed E-state index contributed by atoms with van der Waals surface area (Å²) in [4.78, 5) is 27.2. The van der Waals surface area contributed by atoms with Crippen LogP contribution in [0.2, 0.25) is 0 Å². The van der Waals surface area contributed by atoms with Crippen molar-refractivity contribution in [1.82, 2.24) is 10.3 Å². The molecule has 132 valence electrons. The Morgan fingerprint density at radius 2 is 2.00 bits per heavy atom. The fourth-order valence-electron chi connectivity index (χ4n) is 2.16. The number of carbonyl (C=O) groups is 2. The topological polar surface area (TPSA) is 97.8 Å². The van der Waals surface area contributed by atoms with Crippen LogP contribution in [0.5, 0.6) is 5.88 Å². The minimum Gasteiger partial charge on any atom is -0.480 e. The van der Waals surface area contributed by atoms with E-state index in [0.29, 0.717) is 0 Å². The van der Waals surface area contributed by atoms with Gasteiger partial charge in [-0.25, -0.2) is 9.78 Å². The number of amides is 1. The number of aliphatic carboxylic acids is 1. The lowest BCUT2D eigenvalue weighted by Crippen LogP contribution is -2.57. The Morgan fingerprint density at radius 3 is 2.50 bits per heavy atom. The Balaban J connectivity index is 2.02. The second kappa shape index (κ2) is 7.04. The second-order valence-corrected chi connectivity index (χ2v) is 5.24. The van der Waals surface area contributed by atoms with Gasteiger partial charge in [-0.1, -0.05) is 0 Å². The molecule has 0 bridgehead atoms. The molecule has 1 aliphatic heterocycles. The molecule has 0 aromatic carbocycles. The number of carbonyl (C=O) groups excluding carboxylic acids is 1. The molecule has 1 saturated heterocycles. The Bertz CT molecular complexity index is 597. The first kappa shape index (κ1) is 18.0. The van der Waals surface area contributed by atoms with Crippen LogP contribution >= 0.6 is 0 Å². The highest BCUT2D eigenvalue weighted by molar-refractivity contribution is 5.97.